The van der Waals surface area contributed by atoms with Gasteiger partial charge in [-0.3, -0.25) is 19.2 Å². The van der Waals surface area contributed by atoms with Gasteiger partial charge in [0, 0.05) is 23.0 Å². The number of unbranched alkanes of at least 4 members (excludes halogenated alkanes) is 12. The van der Waals surface area contributed by atoms with Gasteiger partial charge >= 0.3 is 23.9 Å². The molecular formula is C69H132O8S4. The first-order valence-electron chi connectivity index (χ1n) is 34.2. The van der Waals surface area contributed by atoms with Gasteiger partial charge in [0.15, 0.2) is 0 Å². The Labute approximate surface area is 519 Å². The van der Waals surface area contributed by atoms with Crippen LogP contribution < -0.4 is 0 Å². The molecular weight excluding hydrogens is 1090 g/mol. The Morgan fingerprint density at radius 3 is 0.654 bits per heavy atom. The molecule has 0 bridgehead atoms. The maximum atomic E-state index is 14.0. The number of ether oxygens (including phenoxy) is 4. The average Bonchev–Trinajstić information content (AvgIpc) is 3.47. The molecule has 0 amide bonds. The van der Waals surface area contributed by atoms with Crippen LogP contribution in [0.2, 0.25) is 0 Å². The van der Waals surface area contributed by atoms with Crippen molar-refractivity contribution in [1.82, 2.24) is 0 Å². The average molecular weight is 1220 g/mol. The largest absolute Gasteiger partial charge is 0.464 e. The summed E-state index contributed by atoms with van der Waals surface area (Å²) < 4.78 is 24.8. The standard InChI is InChI=1S/C69H132O8S4/c1-13-21-29-37-61(33-25-17-5)41-45-78-49-57(9)65(70)74-53-69(54-75-66(71)58(10)50-79-46-42-62(34-26-18-6)38-30-22-14-2,55-76-67(72)59(11)51-80-47-43-63(35-27-19-7)39-31-23-15-3)56-77-68(73)60(12)52-81-48-44-64(36-28-20-8)40-32-24-16-4/h57-64H,13-56H2,1-12H3. The van der Waals surface area contributed by atoms with Gasteiger partial charge < -0.3 is 18.9 Å². The van der Waals surface area contributed by atoms with E-state index in [1.807, 2.05) is 74.7 Å². The summed E-state index contributed by atoms with van der Waals surface area (Å²) in [6.07, 6.45) is 39.9. The van der Waals surface area contributed by atoms with Gasteiger partial charge in [-0.05, 0) is 72.4 Å². The van der Waals surface area contributed by atoms with E-state index in [1.54, 1.807) is 0 Å². The van der Waals surface area contributed by atoms with Gasteiger partial charge in [-0.1, -0.05) is 263 Å². The number of thioether (sulfide) groups is 4. The third-order valence-corrected chi connectivity index (χ3v) is 21.6. The smallest absolute Gasteiger partial charge is 0.309 e. The normalized spacial score (nSPS) is 15.5. The van der Waals surface area contributed by atoms with Crippen LogP contribution in [0.15, 0.2) is 0 Å². The van der Waals surface area contributed by atoms with Crippen molar-refractivity contribution in [2.45, 2.75) is 289 Å². The van der Waals surface area contributed by atoms with E-state index in [0.717, 1.165) is 72.4 Å². The minimum atomic E-state index is -1.30. The van der Waals surface area contributed by atoms with Crippen molar-refractivity contribution in [3.05, 3.63) is 0 Å². The third-order valence-electron chi connectivity index (χ3n) is 16.6. The minimum absolute atomic E-state index is 0.216. The molecule has 0 rings (SSSR count). The fourth-order valence-corrected chi connectivity index (χ4v) is 15.1. The molecule has 8 nitrogen and oxygen atoms in total. The molecule has 0 saturated carbocycles. The highest BCUT2D eigenvalue weighted by molar-refractivity contribution is 7.99. The monoisotopic (exact) mass is 1220 g/mol. The quantitative estimate of drug-likeness (QED) is 0.0329. The Balaban J connectivity index is 6.53. The number of esters is 4. The molecule has 0 saturated heterocycles. The molecule has 0 aliphatic carbocycles. The van der Waals surface area contributed by atoms with Crippen molar-refractivity contribution in [2.75, 3.05) is 72.5 Å². The lowest BCUT2D eigenvalue weighted by Gasteiger charge is -2.33. The van der Waals surface area contributed by atoms with Gasteiger partial charge in [0.05, 0.1) is 23.7 Å². The molecule has 0 aliphatic rings. The maximum Gasteiger partial charge on any atom is 0.309 e. The first-order valence-corrected chi connectivity index (χ1v) is 38.8. The van der Waals surface area contributed by atoms with Crippen LogP contribution in [-0.2, 0) is 38.1 Å². The molecule has 12 heteroatoms. The van der Waals surface area contributed by atoms with E-state index in [0.29, 0.717) is 23.0 Å². The second kappa shape index (κ2) is 55.8. The first kappa shape index (κ1) is 80.3. The van der Waals surface area contributed by atoms with Crippen molar-refractivity contribution in [2.24, 2.45) is 52.8 Å². The predicted molar refractivity (Wildman–Crippen MR) is 359 cm³/mol. The maximum absolute atomic E-state index is 14.0. The summed E-state index contributed by atoms with van der Waals surface area (Å²) in [6.45, 7) is 24.9. The van der Waals surface area contributed by atoms with Gasteiger partial charge in [0.2, 0.25) is 0 Å². The van der Waals surface area contributed by atoms with Gasteiger partial charge in [-0.2, -0.15) is 47.0 Å². The van der Waals surface area contributed by atoms with E-state index >= 15 is 0 Å². The Morgan fingerprint density at radius 2 is 0.469 bits per heavy atom. The first-order chi connectivity index (χ1) is 39.2. The van der Waals surface area contributed by atoms with E-state index in [-0.39, 0.29) is 74.0 Å². The summed E-state index contributed by atoms with van der Waals surface area (Å²) in [7, 11) is 0. The molecule has 0 N–H and O–H groups in total. The van der Waals surface area contributed by atoms with Crippen molar-refractivity contribution < 1.29 is 38.1 Å². The molecule has 8 atom stereocenters. The highest BCUT2D eigenvalue weighted by Crippen LogP contribution is 2.30. The Kier molecular flexibility index (Phi) is 55.3. The molecule has 8 unspecified atom stereocenters. The Bertz CT molecular complexity index is 1250. The molecule has 0 radical (unpaired) electrons. The fraction of sp³-hybridized carbons (Fsp3) is 0.942. The van der Waals surface area contributed by atoms with E-state index in [4.69, 9.17) is 18.9 Å². The molecule has 0 spiro atoms. The van der Waals surface area contributed by atoms with Crippen LogP contribution in [0.25, 0.3) is 0 Å². The van der Waals surface area contributed by atoms with Crippen molar-refractivity contribution in [3.63, 3.8) is 0 Å². The van der Waals surface area contributed by atoms with Crippen molar-refractivity contribution in [1.29, 1.82) is 0 Å². The lowest BCUT2D eigenvalue weighted by atomic mass is 9.91. The molecule has 480 valence electrons. The van der Waals surface area contributed by atoms with Gasteiger partial charge in [0.25, 0.3) is 0 Å². The van der Waals surface area contributed by atoms with E-state index in [1.165, 1.54) is 180 Å². The number of carbonyl (C=O) groups excluding carboxylic acids is 4. The summed E-state index contributed by atoms with van der Waals surface area (Å²) in [6, 6.07) is 0. The summed E-state index contributed by atoms with van der Waals surface area (Å²) in [5.41, 5.74) is -1.30. The van der Waals surface area contributed by atoms with Crippen molar-refractivity contribution >= 4 is 70.9 Å². The van der Waals surface area contributed by atoms with Crippen LogP contribution in [0, 0.1) is 52.8 Å². The van der Waals surface area contributed by atoms with Crippen LogP contribution >= 0.6 is 47.0 Å². The summed E-state index contributed by atoms with van der Waals surface area (Å²) in [5, 5.41) is 0. The lowest BCUT2D eigenvalue weighted by Crippen LogP contribution is -2.45. The van der Waals surface area contributed by atoms with Crippen molar-refractivity contribution in [3.8, 4) is 0 Å². The highest BCUT2D eigenvalue weighted by Gasteiger charge is 2.40. The summed E-state index contributed by atoms with van der Waals surface area (Å²) in [5.74, 6) is 6.49. The molecule has 0 fully saturated rings. The number of hydrogen-bond donors (Lipinski definition) is 0. The number of hydrogen-bond acceptors (Lipinski definition) is 12. The topological polar surface area (TPSA) is 105 Å². The lowest BCUT2D eigenvalue weighted by molar-refractivity contribution is -0.174. The van der Waals surface area contributed by atoms with Crippen LogP contribution in [0.1, 0.15) is 289 Å². The van der Waals surface area contributed by atoms with Crippen LogP contribution in [-0.4, -0.2) is 96.3 Å². The fourth-order valence-electron chi connectivity index (χ4n) is 10.5. The SMILES string of the molecule is CCCCCC(CCCC)CCSCC(C)C(=O)OCC(COC(=O)C(C)CSCCC(CCCC)CCCCC)(COC(=O)C(C)CSCCC(CCCC)CCCCC)COC(=O)C(C)CSCCC(CCCC)CCCCC. The minimum Gasteiger partial charge on any atom is -0.464 e. The predicted octanol–water partition coefficient (Wildman–Crippen LogP) is 20.7. The zero-order chi connectivity index (χ0) is 60.2. The second-order valence-electron chi connectivity index (χ2n) is 25.0. The van der Waals surface area contributed by atoms with E-state index in [2.05, 4.69) is 55.4 Å². The summed E-state index contributed by atoms with van der Waals surface area (Å²) in [4.78, 5) is 55.9. The number of rotatable bonds is 60. The zero-order valence-electron chi connectivity index (χ0n) is 55.1. The molecule has 0 aromatic heterocycles. The Hall–Kier alpha value is -0.720. The van der Waals surface area contributed by atoms with E-state index < -0.39 is 5.41 Å². The van der Waals surface area contributed by atoms with E-state index in [9.17, 15) is 19.2 Å². The highest BCUT2D eigenvalue weighted by atomic mass is 32.2. The second-order valence-corrected chi connectivity index (χ2v) is 29.6. The molecule has 0 aromatic carbocycles. The molecule has 0 heterocycles. The number of carbonyl (C=O) groups is 4. The molecule has 0 aromatic rings. The van der Waals surface area contributed by atoms with Crippen LogP contribution in [0.5, 0.6) is 0 Å². The van der Waals surface area contributed by atoms with Crippen LogP contribution in [0.4, 0.5) is 0 Å². The van der Waals surface area contributed by atoms with Gasteiger partial charge in [-0.25, -0.2) is 0 Å². The molecule has 0 aliphatic heterocycles. The summed E-state index contributed by atoms with van der Waals surface area (Å²) >= 11 is 7.25. The zero-order valence-corrected chi connectivity index (χ0v) is 58.4. The third kappa shape index (κ3) is 44.4. The molecule has 81 heavy (non-hydrogen) atoms. The van der Waals surface area contributed by atoms with Gasteiger partial charge in [0.1, 0.15) is 31.8 Å². The van der Waals surface area contributed by atoms with Gasteiger partial charge in [-0.15, -0.1) is 0 Å². The Morgan fingerprint density at radius 1 is 0.284 bits per heavy atom. The van der Waals surface area contributed by atoms with Crippen LogP contribution in [0.3, 0.4) is 0 Å².